The first kappa shape index (κ1) is 33.8. The fourth-order valence-corrected chi connectivity index (χ4v) is 2.79. The van der Waals surface area contributed by atoms with E-state index in [2.05, 4.69) is 11.1 Å². The van der Waals surface area contributed by atoms with Crippen molar-refractivity contribution in [1.82, 2.24) is 0 Å². The molecule has 0 rings (SSSR count). The van der Waals surface area contributed by atoms with Gasteiger partial charge in [0.25, 0.3) is 0 Å². The number of hydrogen-bond donors (Lipinski definition) is 0. The van der Waals surface area contributed by atoms with Crippen molar-refractivity contribution in [2.45, 2.75) is 58.3 Å². The van der Waals surface area contributed by atoms with Gasteiger partial charge in [0.2, 0.25) is 10.4 Å². The summed E-state index contributed by atoms with van der Waals surface area (Å²) < 4.78 is 61.2. The molecular weight excluding hydrogens is 439 g/mol. The van der Waals surface area contributed by atoms with Gasteiger partial charge in [-0.05, 0) is 6.42 Å². The quantitative estimate of drug-likeness (QED) is 0.0752. The summed E-state index contributed by atoms with van der Waals surface area (Å²) in [4.78, 5) is 0. The molecule has 0 N–H and O–H groups in total. The van der Waals surface area contributed by atoms with Gasteiger partial charge >= 0.3 is 29.6 Å². The summed E-state index contributed by atoms with van der Waals surface area (Å²) in [7, 11) is -4.65. The monoisotopic (exact) mass is 480 g/mol. The average molecular weight is 481 g/mol. The average Bonchev–Trinajstić information content (AvgIpc) is 2.70. The van der Waals surface area contributed by atoms with E-state index in [0.717, 1.165) is 13.0 Å². The van der Waals surface area contributed by atoms with Gasteiger partial charge < -0.3 is 28.2 Å². The Kier molecular flexibility index (Phi) is 29.4. The van der Waals surface area contributed by atoms with Gasteiger partial charge in [0, 0.05) is 6.61 Å². The van der Waals surface area contributed by atoms with Crippen LogP contribution in [0.1, 0.15) is 58.3 Å². The zero-order valence-electron chi connectivity index (χ0n) is 19.5. The molecule has 0 aromatic rings. The molecule has 182 valence electrons. The van der Waals surface area contributed by atoms with Gasteiger partial charge in [0.1, 0.15) is 0 Å². The molecule has 0 aromatic carbocycles. The maximum absolute atomic E-state index is 10.2. The third kappa shape index (κ3) is 32.9. The number of unbranched alkanes of at least 4 members (excludes halogenated alkanes) is 7. The first-order valence-electron chi connectivity index (χ1n) is 11.0. The molecular formula is C20H41NaO9S. The fraction of sp³-hybridized carbons (Fsp3) is 1.00. The molecule has 0 unspecified atom stereocenters. The summed E-state index contributed by atoms with van der Waals surface area (Å²) >= 11 is 0. The van der Waals surface area contributed by atoms with Crippen LogP contribution in [0.25, 0.3) is 0 Å². The summed E-state index contributed by atoms with van der Waals surface area (Å²) in [5.74, 6) is 0. The summed E-state index contributed by atoms with van der Waals surface area (Å²) in [5.41, 5.74) is 0. The van der Waals surface area contributed by atoms with Crippen molar-refractivity contribution in [3.63, 3.8) is 0 Å². The zero-order valence-corrected chi connectivity index (χ0v) is 22.3. The Hall–Kier alpha value is 0.670. The standard InChI is InChI=1S/C20H42O9S.Na/c1-2-3-4-5-6-7-8-9-10-24-11-12-25-13-14-26-15-16-27-17-18-28-19-20-29-30(21,22)23;/h2-20H2,1H3,(H,21,22,23);/q;+1/p-1. The predicted octanol–water partition coefficient (Wildman–Crippen LogP) is -0.309. The molecule has 0 aromatic heterocycles. The van der Waals surface area contributed by atoms with E-state index in [9.17, 15) is 13.0 Å². The Morgan fingerprint density at radius 3 is 1.23 bits per heavy atom. The zero-order chi connectivity index (χ0) is 22.2. The molecule has 0 saturated carbocycles. The second-order valence-electron chi connectivity index (χ2n) is 6.77. The van der Waals surface area contributed by atoms with Crippen LogP contribution in [0.3, 0.4) is 0 Å². The van der Waals surface area contributed by atoms with Crippen LogP contribution in [0, 0.1) is 0 Å². The first-order valence-corrected chi connectivity index (χ1v) is 12.4. The van der Waals surface area contributed by atoms with Crippen LogP contribution in [0.15, 0.2) is 0 Å². The normalized spacial score (nSPS) is 11.5. The number of rotatable bonds is 25. The molecule has 0 spiro atoms. The van der Waals surface area contributed by atoms with Crippen molar-refractivity contribution in [1.29, 1.82) is 0 Å². The molecule has 0 aliphatic heterocycles. The molecule has 0 radical (unpaired) electrons. The van der Waals surface area contributed by atoms with Crippen molar-refractivity contribution in [2.75, 3.05) is 72.7 Å². The molecule has 11 heteroatoms. The van der Waals surface area contributed by atoms with Crippen LogP contribution < -0.4 is 29.6 Å². The first-order chi connectivity index (χ1) is 14.6. The van der Waals surface area contributed by atoms with Crippen molar-refractivity contribution in [3.05, 3.63) is 0 Å². The third-order valence-electron chi connectivity index (χ3n) is 4.09. The van der Waals surface area contributed by atoms with Crippen LogP contribution in [0.4, 0.5) is 0 Å². The van der Waals surface area contributed by atoms with Crippen molar-refractivity contribution < 1.29 is 70.4 Å². The van der Waals surface area contributed by atoms with Crippen molar-refractivity contribution in [2.24, 2.45) is 0 Å². The van der Waals surface area contributed by atoms with Gasteiger partial charge in [0.05, 0.1) is 66.1 Å². The molecule has 0 heterocycles. The minimum absolute atomic E-state index is 0. The Balaban J connectivity index is 0. The smallest absolute Gasteiger partial charge is 0.726 e. The maximum Gasteiger partial charge on any atom is 1.00 e. The van der Waals surface area contributed by atoms with E-state index in [1.165, 1.54) is 44.9 Å². The van der Waals surface area contributed by atoms with E-state index in [0.29, 0.717) is 46.2 Å². The Labute approximate surface area is 211 Å². The van der Waals surface area contributed by atoms with Crippen molar-refractivity contribution >= 4 is 10.4 Å². The minimum atomic E-state index is -4.65. The molecule has 0 aliphatic carbocycles. The van der Waals surface area contributed by atoms with E-state index in [1.54, 1.807) is 0 Å². The topological polar surface area (TPSA) is 113 Å². The van der Waals surface area contributed by atoms with E-state index < -0.39 is 10.4 Å². The largest absolute Gasteiger partial charge is 1.00 e. The predicted molar refractivity (Wildman–Crippen MR) is 112 cm³/mol. The number of hydrogen-bond acceptors (Lipinski definition) is 9. The Morgan fingerprint density at radius 2 is 0.839 bits per heavy atom. The molecule has 0 fully saturated rings. The molecule has 0 aliphatic rings. The molecule has 0 saturated heterocycles. The summed E-state index contributed by atoms with van der Waals surface area (Å²) in [5, 5.41) is 0. The Bertz CT molecular complexity index is 438. The van der Waals surface area contributed by atoms with Gasteiger partial charge in [-0.2, -0.15) is 0 Å². The minimum Gasteiger partial charge on any atom is -0.726 e. The second kappa shape index (κ2) is 26.9. The van der Waals surface area contributed by atoms with Gasteiger partial charge in [-0.3, -0.25) is 4.18 Å². The van der Waals surface area contributed by atoms with Gasteiger partial charge in [-0.25, -0.2) is 8.42 Å². The van der Waals surface area contributed by atoms with Gasteiger partial charge in [0.15, 0.2) is 0 Å². The second-order valence-corrected chi connectivity index (χ2v) is 7.82. The molecule has 0 amide bonds. The molecule has 0 atom stereocenters. The van der Waals surface area contributed by atoms with Crippen LogP contribution in [0.2, 0.25) is 0 Å². The van der Waals surface area contributed by atoms with Crippen LogP contribution >= 0.6 is 0 Å². The molecule has 31 heavy (non-hydrogen) atoms. The number of ether oxygens (including phenoxy) is 5. The van der Waals surface area contributed by atoms with E-state index in [1.807, 2.05) is 0 Å². The van der Waals surface area contributed by atoms with Crippen LogP contribution in [-0.4, -0.2) is 85.6 Å². The molecule has 9 nitrogen and oxygen atoms in total. The fourth-order valence-electron chi connectivity index (χ4n) is 2.51. The van der Waals surface area contributed by atoms with E-state index in [4.69, 9.17) is 23.7 Å². The van der Waals surface area contributed by atoms with Gasteiger partial charge in [-0.15, -0.1) is 0 Å². The summed E-state index contributed by atoms with van der Waals surface area (Å²) in [6, 6.07) is 0. The maximum atomic E-state index is 10.2. The summed E-state index contributed by atoms with van der Waals surface area (Å²) in [6.45, 7) is 6.49. The SMILES string of the molecule is CCCCCCCCCCOCCOCCOCCOCCOCCOS(=O)(=O)[O-].[Na+]. The third-order valence-corrected chi connectivity index (χ3v) is 4.54. The van der Waals surface area contributed by atoms with Crippen LogP contribution in [-0.2, 0) is 38.3 Å². The summed E-state index contributed by atoms with van der Waals surface area (Å²) in [6.07, 6.45) is 10.4. The Morgan fingerprint density at radius 1 is 0.516 bits per heavy atom. The molecule has 0 bridgehead atoms. The van der Waals surface area contributed by atoms with Crippen molar-refractivity contribution in [3.8, 4) is 0 Å². The van der Waals surface area contributed by atoms with Crippen LogP contribution in [0.5, 0.6) is 0 Å². The van der Waals surface area contributed by atoms with E-state index in [-0.39, 0.29) is 49.4 Å². The van der Waals surface area contributed by atoms with E-state index >= 15 is 0 Å². The van der Waals surface area contributed by atoms with Gasteiger partial charge in [-0.1, -0.05) is 51.9 Å².